The van der Waals surface area contributed by atoms with Gasteiger partial charge >= 0.3 is 12.1 Å². The van der Waals surface area contributed by atoms with Gasteiger partial charge in [-0.1, -0.05) is 12.1 Å². The van der Waals surface area contributed by atoms with E-state index in [0.29, 0.717) is 29.5 Å². The Morgan fingerprint density at radius 1 is 1.06 bits per heavy atom. The van der Waals surface area contributed by atoms with E-state index in [2.05, 4.69) is 20.0 Å². The summed E-state index contributed by atoms with van der Waals surface area (Å²) in [5.74, 6) is -0.819. The number of carboxylic acid groups (broad SMARTS) is 1. The van der Waals surface area contributed by atoms with Crippen LogP contribution in [0, 0.1) is 0 Å². The molecule has 0 amide bonds. The van der Waals surface area contributed by atoms with Gasteiger partial charge in [-0.05, 0) is 30.2 Å². The number of aliphatic carboxylic acids is 1. The molecule has 1 aromatic heterocycles. The lowest BCUT2D eigenvalue weighted by molar-refractivity contribution is -0.192. The quantitative estimate of drug-likeness (QED) is 0.342. The van der Waals surface area contributed by atoms with Gasteiger partial charge in [-0.15, -0.1) is 0 Å². The van der Waals surface area contributed by atoms with Crippen LogP contribution in [0.3, 0.4) is 0 Å². The van der Waals surface area contributed by atoms with Crippen molar-refractivity contribution in [2.45, 2.75) is 12.6 Å². The fourth-order valence-corrected chi connectivity index (χ4v) is 3.06. The van der Waals surface area contributed by atoms with E-state index in [0.717, 1.165) is 22.9 Å². The standard InChI is InChI=1S/C18H20N4O4S.C2HF3O2/c1-25-16-9-14-15(10-17(16)26-2)20-11-21-18(14)19-8-7-12-3-5-13(6-4-12)22-27(23)24;3-2(4,5)1(6)7/h3-6,9-11,27H,7-8H2,1-2H3,(H,19,20,21)(H,22,23,24);(H,6,7). The van der Waals surface area contributed by atoms with E-state index in [9.17, 15) is 21.6 Å². The first-order valence-electron chi connectivity index (χ1n) is 9.45. The Morgan fingerprint density at radius 2 is 1.65 bits per heavy atom. The van der Waals surface area contributed by atoms with E-state index < -0.39 is 23.0 Å². The molecule has 1 heterocycles. The number of aromatic nitrogens is 2. The summed E-state index contributed by atoms with van der Waals surface area (Å²) in [6, 6.07) is 10.9. The number of carboxylic acids is 1. The normalized spacial score (nSPS) is 10.9. The lowest BCUT2D eigenvalue weighted by atomic mass is 10.1. The summed E-state index contributed by atoms with van der Waals surface area (Å²) in [6.07, 6.45) is -2.83. The maximum Gasteiger partial charge on any atom is 0.490 e. The van der Waals surface area contributed by atoms with Crippen LogP contribution in [0.1, 0.15) is 5.56 Å². The molecule has 0 fully saturated rings. The highest BCUT2D eigenvalue weighted by atomic mass is 32.2. The number of thiol groups is 1. The van der Waals surface area contributed by atoms with Crippen molar-refractivity contribution >= 4 is 39.3 Å². The van der Waals surface area contributed by atoms with Crippen molar-refractivity contribution < 1.29 is 41.0 Å². The van der Waals surface area contributed by atoms with E-state index in [-0.39, 0.29) is 0 Å². The van der Waals surface area contributed by atoms with Crippen LogP contribution in [0.2, 0.25) is 0 Å². The number of anilines is 2. The average molecular weight is 502 g/mol. The van der Waals surface area contributed by atoms with Gasteiger partial charge in [0.2, 0.25) is 10.9 Å². The number of benzene rings is 2. The number of nitrogens with one attached hydrogen (secondary N) is 2. The third-order valence-electron chi connectivity index (χ3n) is 4.26. The summed E-state index contributed by atoms with van der Waals surface area (Å²) in [5.41, 5.74) is 2.38. The zero-order valence-corrected chi connectivity index (χ0v) is 18.8. The van der Waals surface area contributed by atoms with Crippen molar-refractivity contribution in [2.75, 3.05) is 30.8 Å². The number of methoxy groups -OCH3 is 2. The molecule has 0 saturated carbocycles. The molecule has 0 bridgehead atoms. The van der Waals surface area contributed by atoms with Gasteiger partial charge in [0.15, 0.2) is 11.5 Å². The maximum absolute atomic E-state index is 10.7. The highest BCUT2D eigenvalue weighted by Crippen LogP contribution is 2.33. The maximum atomic E-state index is 10.7. The first kappa shape index (κ1) is 26.4. The summed E-state index contributed by atoms with van der Waals surface area (Å²) < 4.78 is 66.1. The van der Waals surface area contributed by atoms with Crippen LogP contribution in [0.25, 0.3) is 10.9 Å². The molecule has 0 radical (unpaired) electrons. The molecular weight excluding hydrogens is 481 g/mol. The molecule has 3 N–H and O–H groups in total. The molecule has 3 aromatic rings. The van der Waals surface area contributed by atoms with Crippen molar-refractivity contribution in [1.82, 2.24) is 9.97 Å². The van der Waals surface area contributed by atoms with Crippen LogP contribution in [-0.4, -0.2) is 56.4 Å². The van der Waals surface area contributed by atoms with Gasteiger partial charge in [0.1, 0.15) is 12.1 Å². The molecule has 10 nitrogen and oxygen atoms in total. The number of hydrogen-bond acceptors (Lipinski definition) is 8. The van der Waals surface area contributed by atoms with Crippen molar-refractivity contribution in [1.29, 1.82) is 0 Å². The molecule has 0 spiro atoms. The molecule has 3 rings (SSSR count). The van der Waals surface area contributed by atoms with Gasteiger partial charge in [0.05, 0.1) is 19.7 Å². The Kier molecular flexibility index (Phi) is 9.24. The summed E-state index contributed by atoms with van der Waals surface area (Å²) in [4.78, 5) is 17.5. The zero-order chi connectivity index (χ0) is 25.3. The zero-order valence-electron chi connectivity index (χ0n) is 17.9. The molecule has 0 aliphatic heterocycles. The highest BCUT2D eigenvalue weighted by molar-refractivity contribution is 7.73. The third-order valence-corrected chi connectivity index (χ3v) is 4.70. The van der Waals surface area contributed by atoms with Crippen molar-refractivity contribution in [3.8, 4) is 11.5 Å². The predicted molar refractivity (Wildman–Crippen MR) is 119 cm³/mol. The van der Waals surface area contributed by atoms with E-state index in [1.165, 1.54) is 6.33 Å². The Labute approximate surface area is 193 Å². The van der Waals surface area contributed by atoms with E-state index in [1.54, 1.807) is 26.4 Å². The predicted octanol–water partition coefficient (Wildman–Crippen LogP) is 2.87. The third kappa shape index (κ3) is 7.65. The minimum absolute atomic E-state index is 0.547. The van der Waals surface area contributed by atoms with Crippen LogP contribution in [0.5, 0.6) is 11.5 Å². The second-order valence-corrected chi connectivity index (χ2v) is 7.23. The highest BCUT2D eigenvalue weighted by Gasteiger charge is 2.38. The van der Waals surface area contributed by atoms with Crippen molar-refractivity contribution in [2.24, 2.45) is 0 Å². The lowest BCUT2D eigenvalue weighted by Gasteiger charge is -2.12. The molecule has 0 aliphatic carbocycles. The van der Waals surface area contributed by atoms with Crippen molar-refractivity contribution in [3.63, 3.8) is 0 Å². The van der Waals surface area contributed by atoms with E-state index >= 15 is 0 Å². The molecule has 184 valence electrons. The van der Waals surface area contributed by atoms with Gasteiger partial charge in [-0.2, -0.15) is 13.2 Å². The summed E-state index contributed by atoms with van der Waals surface area (Å²) in [7, 11) is 0.521. The van der Waals surface area contributed by atoms with Crippen LogP contribution in [-0.2, 0) is 22.1 Å². The van der Waals surface area contributed by atoms with Gasteiger partial charge in [-0.25, -0.2) is 23.2 Å². The number of halogens is 3. The number of carbonyl (C=O) groups is 1. The molecule has 0 saturated heterocycles. The number of ether oxygens (including phenoxy) is 2. The number of rotatable bonds is 8. The lowest BCUT2D eigenvalue weighted by Crippen LogP contribution is -2.21. The number of nitrogens with zero attached hydrogens (tertiary/aromatic N) is 2. The smallest absolute Gasteiger partial charge is 0.490 e. The monoisotopic (exact) mass is 502 g/mol. The fraction of sp³-hybridized carbons (Fsp3) is 0.250. The molecule has 0 atom stereocenters. The molecule has 0 aliphatic rings. The fourth-order valence-electron chi connectivity index (χ4n) is 2.70. The molecule has 34 heavy (non-hydrogen) atoms. The average Bonchev–Trinajstić information content (AvgIpc) is 2.78. The van der Waals surface area contributed by atoms with Gasteiger partial charge in [0.25, 0.3) is 0 Å². The van der Waals surface area contributed by atoms with Gasteiger partial charge in [0, 0.05) is 23.7 Å². The SMILES string of the molecule is COc1cc2ncnc(NCCc3ccc(N[SH](=O)=O)cc3)c2cc1OC.O=C(O)C(F)(F)F. The summed E-state index contributed by atoms with van der Waals surface area (Å²) >= 11 is 0. The molecule has 0 unspecified atom stereocenters. The first-order valence-corrected chi connectivity index (χ1v) is 10.6. The second kappa shape index (κ2) is 11.9. The first-order chi connectivity index (χ1) is 16.0. The Balaban J connectivity index is 0.000000509. The van der Waals surface area contributed by atoms with Gasteiger partial charge in [-0.3, -0.25) is 4.72 Å². The van der Waals surface area contributed by atoms with Gasteiger partial charge < -0.3 is 19.9 Å². The largest absolute Gasteiger partial charge is 0.493 e. The van der Waals surface area contributed by atoms with E-state index in [4.69, 9.17) is 19.4 Å². The molecule has 2 aromatic carbocycles. The van der Waals surface area contributed by atoms with Crippen LogP contribution in [0.4, 0.5) is 24.7 Å². The van der Waals surface area contributed by atoms with Crippen LogP contribution in [0.15, 0.2) is 42.7 Å². The van der Waals surface area contributed by atoms with Crippen LogP contribution < -0.4 is 19.5 Å². The van der Waals surface area contributed by atoms with Crippen LogP contribution >= 0.6 is 0 Å². The number of alkyl halides is 3. The summed E-state index contributed by atoms with van der Waals surface area (Å²) in [6.45, 7) is 0.656. The minimum atomic E-state index is -5.08. The van der Waals surface area contributed by atoms with E-state index in [1.807, 2.05) is 24.3 Å². The topological polar surface area (TPSA) is 140 Å². The number of fused-ring (bicyclic) bond motifs is 1. The molecule has 14 heteroatoms. The molecular formula is C20H21F3N4O6S. The van der Waals surface area contributed by atoms with Crippen molar-refractivity contribution in [3.05, 3.63) is 48.3 Å². The summed E-state index contributed by atoms with van der Waals surface area (Å²) in [5, 5.41) is 11.3. The Hall–Kier alpha value is -3.81. The minimum Gasteiger partial charge on any atom is -0.493 e. The Morgan fingerprint density at radius 3 is 2.18 bits per heavy atom. The second-order valence-electron chi connectivity index (χ2n) is 6.49. The number of hydrogen-bond donors (Lipinski definition) is 4. The Bertz CT molecular complexity index is 1200.